The van der Waals surface area contributed by atoms with E-state index in [1.54, 1.807) is 13.2 Å². The molecule has 4 aromatic rings. The summed E-state index contributed by atoms with van der Waals surface area (Å²) in [4.78, 5) is 8.71. The van der Waals surface area contributed by atoms with Crippen LogP contribution in [0.25, 0.3) is 16.7 Å². The molecule has 3 heterocycles. The number of nitrogen functional groups attached to an aromatic ring is 1. The van der Waals surface area contributed by atoms with Gasteiger partial charge in [-0.15, -0.1) is 0 Å². The van der Waals surface area contributed by atoms with Crippen LogP contribution in [-0.4, -0.2) is 21.6 Å². The second-order valence-electron chi connectivity index (χ2n) is 6.09. The minimum atomic E-state index is 0.319. The molecule has 0 atom stereocenters. The van der Waals surface area contributed by atoms with Gasteiger partial charge in [0, 0.05) is 23.8 Å². The summed E-state index contributed by atoms with van der Waals surface area (Å²) in [5.41, 5.74) is 9.37. The minimum absolute atomic E-state index is 0.319. The smallest absolute Gasteiger partial charge is 0.166 e. The highest BCUT2D eigenvalue weighted by Crippen LogP contribution is 2.37. The Bertz CT molecular complexity index is 1120. The lowest BCUT2D eigenvalue weighted by Gasteiger charge is -2.12. The van der Waals surface area contributed by atoms with Crippen LogP contribution in [0.4, 0.5) is 11.5 Å². The summed E-state index contributed by atoms with van der Waals surface area (Å²) in [6.07, 6.45) is 3.18. The van der Waals surface area contributed by atoms with Crippen molar-refractivity contribution in [3.8, 4) is 17.2 Å². The summed E-state index contributed by atoms with van der Waals surface area (Å²) in [6, 6.07) is 14.1. The zero-order valence-corrected chi connectivity index (χ0v) is 15.7. The maximum atomic E-state index is 6.36. The standard InChI is InChI=1S/C20H18ClN5O/c1-12-8-13-9-15(27-16-11-24-19(22)18(23-2)17(16)21)10-25-20(13)26(12)14-6-4-3-5-7-14/h3-11,23H,1-2H3,(H2,22,24). The maximum Gasteiger partial charge on any atom is 0.166 e. The number of ether oxygens (including phenoxy) is 1. The van der Waals surface area contributed by atoms with Crippen LogP contribution in [0.2, 0.25) is 5.02 Å². The molecule has 0 aliphatic rings. The van der Waals surface area contributed by atoms with Gasteiger partial charge in [-0.1, -0.05) is 29.8 Å². The van der Waals surface area contributed by atoms with Crippen molar-refractivity contribution in [2.45, 2.75) is 6.92 Å². The SMILES string of the molecule is CNc1c(N)ncc(Oc2cnc3c(c2)cc(C)n3-c2ccccc2)c1Cl. The third-order valence-corrected chi connectivity index (χ3v) is 4.68. The number of nitrogens with zero attached hydrogens (tertiary/aromatic N) is 3. The fourth-order valence-corrected chi connectivity index (χ4v) is 3.36. The lowest BCUT2D eigenvalue weighted by Crippen LogP contribution is -2.01. The predicted octanol–water partition coefficient (Wildman–Crippen LogP) is 4.80. The zero-order chi connectivity index (χ0) is 19.0. The molecule has 7 heteroatoms. The molecule has 0 bridgehead atoms. The molecule has 0 aliphatic carbocycles. The van der Waals surface area contributed by atoms with E-state index in [0.29, 0.717) is 28.0 Å². The van der Waals surface area contributed by atoms with Crippen molar-refractivity contribution in [1.82, 2.24) is 14.5 Å². The highest BCUT2D eigenvalue weighted by atomic mass is 35.5. The van der Waals surface area contributed by atoms with E-state index >= 15 is 0 Å². The molecule has 1 aromatic carbocycles. The number of pyridine rings is 2. The lowest BCUT2D eigenvalue weighted by atomic mass is 10.3. The molecular weight excluding hydrogens is 362 g/mol. The van der Waals surface area contributed by atoms with Gasteiger partial charge in [0.1, 0.15) is 22.2 Å². The average molecular weight is 380 g/mol. The Morgan fingerprint density at radius 2 is 1.89 bits per heavy atom. The minimum Gasteiger partial charge on any atom is -0.452 e. The molecule has 0 saturated heterocycles. The number of nitrogens with one attached hydrogen (secondary N) is 1. The number of hydrogen-bond donors (Lipinski definition) is 2. The van der Waals surface area contributed by atoms with E-state index in [9.17, 15) is 0 Å². The summed E-state index contributed by atoms with van der Waals surface area (Å²) in [6.45, 7) is 2.05. The van der Waals surface area contributed by atoms with Crippen LogP contribution in [0.5, 0.6) is 11.5 Å². The van der Waals surface area contributed by atoms with Crippen LogP contribution in [0.3, 0.4) is 0 Å². The van der Waals surface area contributed by atoms with Crippen molar-refractivity contribution in [2.75, 3.05) is 18.1 Å². The van der Waals surface area contributed by atoms with E-state index in [0.717, 1.165) is 22.4 Å². The van der Waals surface area contributed by atoms with E-state index in [1.165, 1.54) is 6.20 Å². The Labute approximate surface area is 161 Å². The Morgan fingerprint density at radius 1 is 1.11 bits per heavy atom. The number of anilines is 2. The third kappa shape index (κ3) is 3.04. The Kier molecular flexibility index (Phi) is 4.33. The van der Waals surface area contributed by atoms with Gasteiger partial charge in [0.05, 0.1) is 18.1 Å². The number of aryl methyl sites for hydroxylation is 1. The first-order valence-corrected chi connectivity index (χ1v) is 8.79. The number of hydrogen-bond acceptors (Lipinski definition) is 5. The first kappa shape index (κ1) is 17.2. The van der Waals surface area contributed by atoms with E-state index in [-0.39, 0.29) is 0 Å². The maximum absolute atomic E-state index is 6.36. The summed E-state index contributed by atoms with van der Waals surface area (Å²) in [7, 11) is 1.73. The van der Waals surface area contributed by atoms with Gasteiger partial charge in [-0.3, -0.25) is 4.57 Å². The van der Waals surface area contributed by atoms with Gasteiger partial charge >= 0.3 is 0 Å². The quantitative estimate of drug-likeness (QED) is 0.532. The monoisotopic (exact) mass is 379 g/mol. The lowest BCUT2D eigenvalue weighted by molar-refractivity contribution is 0.479. The van der Waals surface area contributed by atoms with Gasteiger partial charge in [-0.2, -0.15) is 0 Å². The molecule has 3 aromatic heterocycles. The third-order valence-electron chi connectivity index (χ3n) is 4.30. The normalized spacial score (nSPS) is 10.9. The Morgan fingerprint density at radius 3 is 2.63 bits per heavy atom. The van der Waals surface area contributed by atoms with E-state index in [1.807, 2.05) is 24.3 Å². The number of benzene rings is 1. The summed E-state index contributed by atoms with van der Waals surface area (Å²) >= 11 is 6.36. The second-order valence-corrected chi connectivity index (χ2v) is 6.47. The number of para-hydroxylation sites is 1. The topological polar surface area (TPSA) is 78.0 Å². The van der Waals surface area contributed by atoms with Crippen LogP contribution in [0.1, 0.15) is 5.69 Å². The number of halogens is 1. The van der Waals surface area contributed by atoms with Crippen molar-refractivity contribution in [3.05, 3.63) is 65.6 Å². The molecule has 27 heavy (non-hydrogen) atoms. The van der Waals surface area contributed by atoms with E-state index in [2.05, 4.69) is 45.0 Å². The van der Waals surface area contributed by atoms with Crippen LogP contribution >= 0.6 is 11.6 Å². The Hall–Kier alpha value is -3.25. The molecule has 0 spiro atoms. The second kappa shape index (κ2) is 6.81. The first-order valence-electron chi connectivity index (χ1n) is 8.41. The number of aromatic nitrogens is 3. The van der Waals surface area contributed by atoms with Gasteiger partial charge in [-0.05, 0) is 31.2 Å². The predicted molar refractivity (Wildman–Crippen MR) is 109 cm³/mol. The van der Waals surface area contributed by atoms with E-state index < -0.39 is 0 Å². The van der Waals surface area contributed by atoms with Gasteiger partial charge in [0.2, 0.25) is 0 Å². The highest BCUT2D eigenvalue weighted by molar-refractivity contribution is 6.35. The van der Waals surface area contributed by atoms with Gasteiger partial charge in [0.25, 0.3) is 0 Å². The van der Waals surface area contributed by atoms with Crippen molar-refractivity contribution in [1.29, 1.82) is 0 Å². The first-order chi connectivity index (χ1) is 13.1. The average Bonchev–Trinajstić information content (AvgIpc) is 3.00. The fraction of sp³-hybridized carbons (Fsp3) is 0.100. The van der Waals surface area contributed by atoms with Crippen molar-refractivity contribution in [3.63, 3.8) is 0 Å². The van der Waals surface area contributed by atoms with Crippen LogP contribution < -0.4 is 15.8 Å². The van der Waals surface area contributed by atoms with Gasteiger partial charge in [-0.25, -0.2) is 9.97 Å². The number of nitrogens with two attached hydrogens (primary N) is 1. The molecular formula is C20H18ClN5O. The van der Waals surface area contributed by atoms with Crippen molar-refractivity contribution >= 4 is 34.1 Å². The highest BCUT2D eigenvalue weighted by Gasteiger charge is 2.14. The fourth-order valence-electron chi connectivity index (χ4n) is 3.08. The summed E-state index contributed by atoms with van der Waals surface area (Å²) < 4.78 is 8.01. The Balaban J connectivity index is 1.74. The van der Waals surface area contributed by atoms with Crippen LogP contribution in [-0.2, 0) is 0 Å². The van der Waals surface area contributed by atoms with Gasteiger partial charge < -0.3 is 15.8 Å². The largest absolute Gasteiger partial charge is 0.452 e. The summed E-state index contributed by atoms with van der Waals surface area (Å²) in [5, 5.41) is 4.28. The number of rotatable bonds is 4. The molecule has 0 aliphatic heterocycles. The molecule has 4 rings (SSSR count). The van der Waals surface area contributed by atoms with Crippen LogP contribution in [0, 0.1) is 6.92 Å². The van der Waals surface area contributed by atoms with E-state index in [4.69, 9.17) is 22.1 Å². The molecule has 136 valence electrons. The molecule has 6 nitrogen and oxygen atoms in total. The molecule has 0 saturated carbocycles. The molecule has 3 N–H and O–H groups in total. The number of fused-ring (bicyclic) bond motifs is 1. The zero-order valence-electron chi connectivity index (χ0n) is 14.9. The van der Waals surface area contributed by atoms with Crippen molar-refractivity contribution < 1.29 is 4.74 Å². The summed E-state index contributed by atoms with van der Waals surface area (Å²) in [5.74, 6) is 1.30. The molecule has 0 unspecified atom stereocenters. The van der Waals surface area contributed by atoms with Gasteiger partial charge in [0.15, 0.2) is 5.75 Å². The van der Waals surface area contributed by atoms with Crippen LogP contribution in [0.15, 0.2) is 54.9 Å². The molecule has 0 fully saturated rings. The molecule has 0 radical (unpaired) electrons. The van der Waals surface area contributed by atoms with Crippen molar-refractivity contribution in [2.24, 2.45) is 0 Å². The molecule has 0 amide bonds.